The SMILES string of the molecule is BrC1=CCCN(Cc2ccno2)C1. The van der Waals surface area contributed by atoms with Crippen LogP contribution in [0.3, 0.4) is 0 Å². The van der Waals surface area contributed by atoms with Crippen LogP contribution in [0, 0.1) is 0 Å². The summed E-state index contributed by atoms with van der Waals surface area (Å²) in [6, 6.07) is 1.91. The molecule has 0 spiro atoms. The van der Waals surface area contributed by atoms with E-state index in [4.69, 9.17) is 4.52 Å². The van der Waals surface area contributed by atoms with Crippen molar-refractivity contribution in [3.8, 4) is 0 Å². The lowest BCUT2D eigenvalue weighted by Gasteiger charge is -2.23. The standard InChI is InChI=1S/C9H11BrN2O/c10-8-2-1-5-12(6-8)7-9-3-4-11-13-9/h2-4H,1,5-7H2. The van der Waals surface area contributed by atoms with Gasteiger partial charge in [0.25, 0.3) is 0 Å². The van der Waals surface area contributed by atoms with Crippen LogP contribution in [0.4, 0.5) is 0 Å². The third kappa shape index (κ3) is 2.42. The summed E-state index contributed by atoms with van der Waals surface area (Å²) in [4.78, 5) is 2.32. The third-order valence-electron chi connectivity index (χ3n) is 2.06. The molecule has 1 aliphatic rings. The Bertz CT molecular complexity index is 295. The van der Waals surface area contributed by atoms with Crippen molar-refractivity contribution >= 4 is 15.9 Å². The van der Waals surface area contributed by atoms with Crippen LogP contribution in [0.1, 0.15) is 12.2 Å². The molecule has 0 saturated heterocycles. The number of rotatable bonds is 2. The Morgan fingerprint density at radius 1 is 1.62 bits per heavy atom. The van der Waals surface area contributed by atoms with Gasteiger partial charge < -0.3 is 4.52 Å². The highest BCUT2D eigenvalue weighted by Crippen LogP contribution is 2.16. The molecule has 1 aliphatic heterocycles. The Hall–Kier alpha value is -0.610. The van der Waals surface area contributed by atoms with Crippen LogP contribution in [0.2, 0.25) is 0 Å². The average molecular weight is 243 g/mol. The monoisotopic (exact) mass is 242 g/mol. The second-order valence-corrected chi connectivity index (χ2v) is 4.15. The van der Waals surface area contributed by atoms with Crippen LogP contribution in [-0.2, 0) is 6.54 Å². The van der Waals surface area contributed by atoms with Gasteiger partial charge in [-0.3, -0.25) is 4.90 Å². The normalized spacial score (nSPS) is 18.7. The molecule has 0 aromatic carbocycles. The van der Waals surface area contributed by atoms with Crippen molar-refractivity contribution in [3.63, 3.8) is 0 Å². The molecule has 0 unspecified atom stereocenters. The van der Waals surface area contributed by atoms with E-state index >= 15 is 0 Å². The minimum Gasteiger partial charge on any atom is -0.360 e. The molecule has 1 aromatic heterocycles. The van der Waals surface area contributed by atoms with Crippen molar-refractivity contribution < 1.29 is 4.52 Å². The molecule has 1 aromatic rings. The highest BCUT2D eigenvalue weighted by Gasteiger charge is 2.12. The molecule has 3 nitrogen and oxygen atoms in total. The molecule has 0 bridgehead atoms. The van der Waals surface area contributed by atoms with Crippen LogP contribution in [0.15, 0.2) is 27.3 Å². The Balaban J connectivity index is 1.93. The van der Waals surface area contributed by atoms with Gasteiger partial charge in [0.2, 0.25) is 0 Å². The first kappa shape index (κ1) is 8.97. The molecular formula is C9H11BrN2O. The molecule has 0 amide bonds. The predicted octanol–water partition coefficient (Wildman–Crippen LogP) is 2.16. The van der Waals surface area contributed by atoms with Crippen LogP contribution >= 0.6 is 15.9 Å². The van der Waals surface area contributed by atoms with Crippen molar-refractivity contribution in [2.75, 3.05) is 13.1 Å². The molecule has 4 heteroatoms. The van der Waals surface area contributed by atoms with Gasteiger partial charge in [0.15, 0.2) is 5.76 Å². The number of nitrogens with zero attached hydrogens (tertiary/aromatic N) is 2. The van der Waals surface area contributed by atoms with E-state index < -0.39 is 0 Å². The van der Waals surface area contributed by atoms with Crippen molar-refractivity contribution in [3.05, 3.63) is 28.6 Å². The largest absolute Gasteiger partial charge is 0.360 e. The zero-order valence-electron chi connectivity index (χ0n) is 7.24. The minimum absolute atomic E-state index is 0.850. The highest BCUT2D eigenvalue weighted by atomic mass is 79.9. The van der Waals surface area contributed by atoms with Gasteiger partial charge in [-0.05, 0) is 6.42 Å². The van der Waals surface area contributed by atoms with E-state index in [9.17, 15) is 0 Å². The molecule has 0 fully saturated rings. The molecule has 0 saturated carbocycles. The molecule has 13 heavy (non-hydrogen) atoms. The van der Waals surface area contributed by atoms with Gasteiger partial charge in [-0.1, -0.05) is 27.2 Å². The highest BCUT2D eigenvalue weighted by molar-refractivity contribution is 9.11. The zero-order valence-corrected chi connectivity index (χ0v) is 8.83. The van der Waals surface area contributed by atoms with E-state index in [2.05, 4.69) is 32.1 Å². The summed E-state index contributed by atoms with van der Waals surface area (Å²) in [5.74, 6) is 0.933. The summed E-state index contributed by atoms with van der Waals surface area (Å²) in [6.07, 6.45) is 5.01. The summed E-state index contributed by atoms with van der Waals surface area (Å²) < 4.78 is 6.31. The first-order chi connectivity index (χ1) is 6.34. The zero-order chi connectivity index (χ0) is 9.10. The smallest absolute Gasteiger partial charge is 0.150 e. The Labute approximate surface area is 85.5 Å². The number of hydrogen-bond donors (Lipinski definition) is 0. The topological polar surface area (TPSA) is 29.3 Å². The van der Waals surface area contributed by atoms with Crippen molar-refractivity contribution in [1.29, 1.82) is 0 Å². The van der Waals surface area contributed by atoms with Crippen LogP contribution in [0.5, 0.6) is 0 Å². The minimum atomic E-state index is 0.850. The van der Waals surface area contributed by atoms with Gasteiger partial charge in [-0.2, -0.15) is 0 Å². The van der Waals surface area contributed by atoms with E-state index in [1.165, 1.54) is 4.48 Å². The second-order valence-electron chi connectivity index (χ2n) is 3.13. The van der Waals surface area contributed by atoms with Gasteiger partial charge in [-0.15, -0.1) is 0 Å². The maximum absolute atomic E-state index is 5.05. The summed E-state index contributed by atoms with van der Waals surface area (Å²) in [7, 11) is 0. The predicted molar refractivity (Wildman–Crippen MR) is 53.4 cm³/mol. The fraction of sp³-hybridized carbons (Fsp3) is 0.444. The van der Waals surface area contributed by atoms with Crippen LogP contribution in [-0.4, -0.2) is 23.1 Å². The van der Waals surface area contributed by atoms with Gasteiger partial charge >= 0.3 is 0 Å². The molecule has 0 radical (unpaired) electrons. The average Bonchev–Trinajstić information content (AvgIpc) is 2.57. The lowest BCUT2D eigenvalue weighted by atomic mass is 10.2. The number of halogens is 1. The maximum Gasteiger partial charge on any atom is 0.150 e. The number of hydrogen-bond acceptors (Lipinski definition) is 3. The Kier molecular flexibility index (Phi) is 2.80. The third-order valence-corrected chi connectivity index (χ3v) is 2.63. The van der Waals surface area contributed by atoms with Gasteiger partial charge in [0.05, 0.1) is 12.7 Å². The quantitative estimate of drug-likeness (QED) is 0.797. The maximum atomic E-state index is 5.05. The molecule has 2 rings (SSSR count). The van der Waals surface area contributed by atoms with Crippen molar-refractivity contribution in [1.82, 2.24) is 10.1 Å². The van der Waals surface area contributed by atoms with E-state index in [0.717, 1.165) is 31.8 Å². The van der Waals surface area contributed by atoms with E-state index in [1.807, 2.05) is 6.07 Å². The van der Waals surface area contributed by atoms with E-state index in [0.29, 0.717) is 0 Å². The molecule has 70 valence electrons. The Morgan fingerprint density at radius 3 is 3.23 bits per heavy atom. The molecule has 2 heterocycles. The van der Waals surface area contributed by atoms with Crippen LogP contribution < -0.4 is 0 Å². The second kappa shape index (κ2) is 4.07. The van der Waals surface area contributed by atoms with Gasteiger partial charge in [-0.25, -0.2) is 0 Å². The summed E-state index contributed by atoms with van der Waals surface area (Å²) in [5.41, 5.74) is 0. The van der Waals surface area contributed by atoms with E-state index in [1.54, 1.807) is 6.20 Å². The summed E-state index contributed by atoms with van der Waals surface area (Å²) >= 11 is 3.51. The Morgan fingerprint density at radius 2 is 2.54 bits per heavy atom. The lowest BCUT2D eigenvalue weighted by molar-refractivity contribution is 0.247. The first-order valence-corrected chi connectivity index (χ1v) is 5.10. The molecule has 0 N–H and O–H groups in total. The molecule has 0 aliphatic carbocycles. The van der Waals surface area contributed by atoms with Crippen LogP contribution in [0.25, 0.3) is 0 Å². The van der Waals surface area contributed by atoms with Crippen molar-refractivity contribution in [2.45, 2.75) is 13.0 Å². The van der Waals surface area contributed by atoms with Gasteiger partial charge in [0.1, 0.15) is 0 Å². The molecule has 0 atom stereocenters. The van der Waals surface area contributed by atoms with E-state index in [-0.39, 0.29) is 0 Å². The number of aromatic nitrogens is 1. The summed E-state index contributed by atoms with van der Waals surface area (Å²) in [6.45, 7) is 2.92. The fourth-order valence-corrected chi connectivity index (χ4v) is 2.02. The fourth-order valence-electron chi connectivity index (χ4n) is 1.44. The lowest BCUT2D eigenvalue weighted by Crippen LogP contribution is -2.27. The molecular weight excluding hydrogens is 232 g/mol. The van der Waals surface area contributed by atoms with Gasteiger partial charge in [0, 0.05) is 23.6 Å². The summed E-state index contributed by atoms with van der Waals surface area (Å²) in [5, 5.41) is 3.68. The first-order valence-electron chi connectivity index (χ1n) is 4.31. The van der Waals surface area contributed by atoms with Crippen molar-refractivity contribution in [2.24, 2.45) is 0 Å².